The van der Waals surface area contributed by atoms with E-state index < -0.39 is 6.10 Å². The molecule has 1 unspecified atom stereocenters. The average Bonchev–Trinajstić information content (AvgIpc) is 3.28. The Morgan fingerprint density at radius 1 is 0.333 bits per heavy atom. The lowest BCUT2D eigenvalue weighted by Crippen LogP contribution is -2.30. The first-order valence-corrected chi connectivity index (χ1v) is 26.4. The molecule has 6 nitrogen and oxygen atoms in total. The van der Waals surface area contributed by atoms with Gasteiger partial charge >= 0.3 is 17.9 Å². The van der Waals surface area contributed by atoms with Crippen molar-refractivity contribution >= 4 is 17.9 Å². The predicted molar refractivity (Wildman–Crippen MR) is 270 cm³/mol. The van der Waals surface area contributed by atoms with Crippen molar-refractivity contribution in [2.75, 3.05) is 13.2 Å². The molecule has 0 amide bonds. The Bertz CT molecular complexity index is 1190. The van der Waals surface area contributed by atoms with E-state index in [0.29, 0.717) is 19.3 Å². The lowest BCUT2D eigenvalue weighted by atomic mass is 10.0. The van der Waals surface area contributed by atoms with Gasteiger partial charge in [0.2, 0.25) is 0 Å². The van der Waals surface area contributed by atoms with E-state index in [2.05, 4.69) is 93.7 Å². The van der Waals surface area contributed by atoms with Crippen LogP contribution in [0.25, 0.3) is 0 Å². The minimum absolute atomic E-state index is 0.0820. The Labute approximate surface area is 389 Å². The molecule has 63 heavy (non-hydrogen) atoms. The molecule has 1 atom stereocenters. The molecule has 362 valence electrons. The summed E-state index contributed by atoms with van der Waals surface area (Å²) < 4.78 is 16.7. The highest BCUT2D eigenvalue weighted by atomic mass is 16.6. The largest absolute Gasteiger partial charge is 0.462 e. The normalized spacial score (nSPS) is 12.6. The van der Waals surface area contributed by atoms with Crippen LogP contribution >= 0.6 is 0 Å². The van der Waals surface area contributed by atoms with Crippen LogP contribution in [0.4, 0.5) is 0 Å². The molecule has 6 heteroatoms. The van der Waals surface area contributed by atoms with Gasteiger partial charge in [0.25, 0.3) is 0 Å². The fourth-order valence-electron chi connectivity index (χ4n) is 7.20. The molecular formula is C57H98O6. The van der Waals surface area contributed by atoms with Crippen molar-refractivity contribution in [1.82, 2.24) is 0 Å². The highest BCUT2D eigenvalue weighted by Crippen LogP contribution is 2.15. The lowest BCUT2D eigenvalue weighted by molar-refractivity contribution is -0.167. The van der Waals surface area contributed by atoms with E-state index in [1.807, 2.05) is 0 Å². The number of hydrogen-bond acceptors (Lipinski definition) is 6. The van der Waals surface area contributed by atoms with Crippen molar-refractivity contribution in [2.24, 2.45) is 0 Å². The molecule has 0 saturated heterocycles. The molecule has 0 spiro atoms. The standard InChI is InChI=1S/C57H98O6/c1-4-7-10-13-16-19-22-23-24-25-26-27-28-29-30-31-32-33-34-35-36-39-41-44-47-50-56(59)62-53-54(63-57(60)51-48-45-42-38-21-18-15-12-9-6-3)52-61-55(58)49-46-43-40-37-20-17-14-11-8-5-2/h7,10-12,14-16,19,23-24,26-27,54H,4-6,8-9,13,17-18,20-22,25,28-53H2,1-3H3/b10-7-,14-11-,15-12-,19-16-,24-23-,27-26-. The van der Waals surface area contributed by atoms with E-state index in [-0.39, 0.29) is 31.1 Å². The first-order chi connectivity index (χ1) is 31.0. The number of carbonyl (C=O) groups is 3. The van der Waals surface area contributed by atoms with Gasteiger partial charge < -0.3 is 14.2 Å². The van der Waals surface area contributed by atoms with Gasteiger partial charge in [0.15, 0.2) is 6.10 Å². The Hall–Kier alpha value is -3.15. The Kier molecular flexibility index (Phi) is 48.9. The van der Waals surface area contributed by atoms with Gasteiger partial charge in [-0.25, -0.2) is 0 Å². The predicted octanol–water partition coefficient (Wildman–Crippen LogP) is 17.4. The third-order valence-electron chi connectivity index (χ3n) is 11.1. The molecule has 0 N–H and O–H groups in total. The molecule has 0 aliphatic carbocycles. The molecule has 0 radical (unpaired) electrons. The molecule has 0 fully saturated rings. The number of hydrogen-bond donors (Lipinski definition) is 0. The van der Waals surface area contributed by atoms with Crippen molar-refractivity contribution in [3.8, 4) is 0 Å². The third-order valence-corrected chi connectivity index (χ3v) is 11.1. The van der Waals surface area contributed by atoms with Gasteiger partial charge in [-0.1, -0.05) is 209 Å². The first kappa shape index (κ1) is 59.9. The monoisotopic (exact) mass is 879 g/mol. The summed E-state index contributed by atoms with van der Waals surface area (Å²) in [6.45, 7) is 6.39. The number of rotatable bonds is 47. The minimum atomic E-state index is -0.780. The summed E-state index contributed by atoms with van der Waals surface area (Å²) >= 11 is 0. The molecule has 0 saturated carbocycles. The van der Waals surface area contributed by atoms with Gasteiger partial charge in [0.05, 0.1) is 0 Å². The third kappa shape index (κ3) is 49.7. The van der Waals surface area contributed by atoms with Crippen LogP contribution in [0, 0.1) is 0 Å². The molecule has 0 aromatic carbocycles. The van der Waals surface area contributed by atoms with Gasteiger partial charge in [-0.15, -0.1) is 0 Å². The summed E-state index contributed by atoms with van der Waals surface area (Å²) in [5, 5.41) is 0. The Morgan fingerprint density at radius 2 is 0.619 bits per heavy atom. The summed E-state index contributed by atoms with van der Waals surface area (Å²) in [6.07, 6.45) is 64.8. The van der Waals surface area contributed by atoms with E-state index in [1.165, 1.54) is 96.3 Å². The van der Waals surface area contributed by atoms with Crippen LogP contribution in [0.5, 0.6) is 0 Å². The van der Waals surface area contributed by atoms with Crippen molar-refractivity contribution in [3.63, 3.8) is 0 Å². The smallest absolute Gasteiger partial charge is 0.306 e. The second-order valence-corrected chi connectivity index (χ2v) is 17.4. The Morgan fingerprint density at radius 3 is 0.984 bits per heavy atom. The van der Waals surface area contributed by atoms with Crippen molar-refractivity contribution < 1.29 is 28.6 Å². The van der Waals surface area contributed by atoms with Crippen LogP contribution in [0.2, 0.25) is 0 Å². The topological polar surface area (TPSA) is 78.9 Å². The van der Waals surface area contributed by atoms with Crippen LogP contribution in [-0.2, 0) is 28.6 Å². The zero-order valence-corrected chi connectivity index (χ0v) is 41.3. The van der Waals surface area contributed by atoms with Crippen LogP contribution in [0.3, 0.4) is 0 Å². The molecular weight excluding hydrogens is 781 g/mol. The molecule has 0 aliphatic rings. The number of esters is 3. The van der Waals surface area contributed by atoms with E-state index in [1.54, 1.807) is 0 Å². The minimum Gasteiger partial charge on any atom is -0.462 e. The van der Waals surface area contributed by atoms with Crippen LogP contribution in [-0.4, -0.2) is 37.2 Å². The second kappa shape index (κ2) is 51.5. The van der Waals surface area contributed by atoms with Gasteiger partial charge in [-0.2, -0.15) is 0 Å². The summed E-state index contributed by atoms with van der Waals surface area (Å²) in [7, 11) is 0. The number of allylic oxidation sites excluding steroid dienone is 12. The van der Waals surface area contributed by atoms with E-state index in [9.17, 15) is 14.4 Å². The van der Waals surface area contributed by atoms with Crippen LogP contribution < -0.4 is 0 Å². The zero-order valence-electron chi connectivity index (χ0n) is 41.3. The quantitative estimate of drug-likeness (QED) is 0.0262. The fourth-order valence-corrected chi connectivity index (χ4v) is 7.20. The van der Waals surface area contributed by atoms with Crippen LogP contribution in [0.15, 0.2) is 72.9 Å². The number of ether oxygens (including phenoxy) is 3. The zero-order chi connectivity index (χ0) is 45.8. The Balaban J connectivity index is 4.17. The molecule has 0 bridgehead atoms. The first-order valence-electron chi connectivity index (χ1n) is 26.4. The van der Waals surface area contributed by atoms with Gasteiger partial charge in [0, 0.05) is 19.3 Å². The SMILES string of the molecule is CC/C=C\C/C=C\C/C=C\C/C=C\CCCCCCCCCCCCCCC(=O)OCC(COC(=O)CCCCCCC/C=C\CCC)OC(=O)CCCCCCC/C=C\CCC. The molecule has 0 rings (SSSR count). The van der Waals surface area contributed by atoms with E-state index in [4.69, 9.17) is 14.2 Å². The van der Waals surface area contributed by atoms with Crippen molar-refractivity contribution in [1.29, 1.82) is 0 Å². The average molecular weight is 879 g/mol. The highest BCUT2D eigenvalue weighted by Gasteiger charge is 2.19. The van der Waals surface area contributed by atoms with Crippen LogP contribution in [0.1, 0.15) is 252 Å². The maximum Gasteiger partial charge on any atom is 0.306 e. The lowest BCUT2D eigenvalue weighted by Gasteiger charge is -2.18. The van der Waals surface area contributed by atoms with Gasteiger partial charge in [0.1, 0.15) is 13.2 Å². The molecule has 0 aromatic rings. The summed E-state index contributed by atoms with van der Waals surface area (Å²) in [5.74, 6) is -0.905. The fraction of sp³-hybridized carbons (Fsp3) is 0.737. The van der Waals surface area contributed by atoms with Gasteiger partial charge in [-0.3, -0.25) is 14.4 Å². The maximum atomic E-state index is 12.7. The van der Waals surface area contributed by atoms with Gasteiger partial charge in [-0.05, 0) is 96.3 Å². The van der Waals surface area contributed by atoms with E-state index >= 15 is 0 Å². The molecule has 0 heterocycles. The summed E-state index contributed by atoms with van der Waals surface area (Å²) in [6, 6.07) is 0. The number of carbonyl (C=O) groups excluding carboxylic acids is 3. The second-order valence-electron chi connectivity index (χ2n) is 17.4. The highest BCUT2D eigenvalue weighted by molar-refractivity contribution is 5.71. The molecule has 0 aliphatic heterocycles. The summed E-state index contributed by atoms with van der Waals surface area (Å²) in [5.41, 5.74) is 0. The van der Waals surface area contributed by atoms with Crippen molar-refractivity contribution in [3.05, 3.63) is 72.9 Å². The van der Waals surface area contributed by atoms with Crippen molar-refractivity contribution in [2.45, 2.75) is 258 Å². The number of unbranched alkanes of at least 4 members (excludes halogenated alkanes) is 24. The maximum absolute atomic E-state index is 12.7. The summed E-state index contributed by atoms with van der Waals surface area (Å²) in [4.78, 5) is 37.8. The molecule has 0 aromatic heterocycles. The van der Waals surface area contributed by atoms with E-state index in [0.717, 1.165) is 116 Å².